The quantitative estimate of drug-likeness (QED) is 0.458. The van der Waals surface area contributed by atoms with Gasteiger partial charge in [0.2, 0.25) is 5.56 Å². The van der Waals surface area contributed by atoms with Crippen LogP contribution >= 0.6 is 0 Å². The molecule has 1 unspecified atom stereocenters. The fourth-order valence-corrected chi connectivity index (χ4v) is 3.40. The number of halogens is 1. The molecule has 4 rings (SSSR count). The molecular formula is C22H19FN4O3. The Morgan fingerprint density at radius 1 is 1.20 bits per heavy atom. The van der Waals surface area contributed by atoms with Crippen molar-refractivity contribution in [3.8, 4) is 5.69 Å². The minimum Gasteiger partial charge on any atom is -0.396 e. The zero-order chi connectivity index (χ0) is 21.1. The van der Waals surface area contributed by atoms with E-state index in [0.29, 0.717) is 27.7 Å². The van der Waals surface area contributed by atoms with Crippen molar-refractivity contribution in [2.75, 3.05) is 6.61 Å². The van der Waals surface area contributed by atoms with Crippen LogP contribution in [0.4, 0.5) is 4.39 Å². The summed E-state index contributed by atoms with van der Waals surface area (Å²) >= 11 is 0. The van der Waals surface area contributed by atoms with Gasteiger partial charge >= 0.3 is 0 Å². The van der Waals surface area contributed by atoms with Crippen LogP contribution < -0.4 is 10.9 Å². The second kappa shape index (κ2) is 8.30. The summed E-state index contributed by atoms with van der Waals surface area (Å²) in [6, 6.07) is 13.7. The van der Waals surface area contributed by atoms with E-state index in [2.05, 4.69) is 15.4 Å². The number of carbonyl (C=O) groups is 1. The minimum absolute atomic E-state index is 0.148. The van der Waals surface area contributed by atoms with Gasteiger partial charge in [0, 0.05) is 24.3 Å². The summed E-state index contributed by atoms with van der Waals surface area (Å²) in [5.74, 6) is -0.692. The van der Waals surface area contributed by atoms with Crippen molar-refractivity contribution in [1.82, 2.24) is 20.1 Å². The number of aliphatic hydroxyl groups excluding tert-OH is 1. The van der Waals surface area contributed by atoms with Gasteiger partial charge in [0.25, 0.3) is 5.91 Å². The number of hydrogen-bond donors (Lipinski definition) is 3. The van der Waals surface area contributed by atoms with Crippen molar-refractivity contribution in [2.24, 2.45) is 0 Å². The van der Waals surface area contributed by atoms with E-state index in [0.717, 1.165) is 0 Å². The Labute approximate surface area is 170 Å². The summed E-state index contributed by atoms with van der Waals surface area (Å²) in [6.45, 7) is -0.148. The van der Waals surface area contributed by atoms with Gasteiger partial charge in [-0.15, -0.1) is 0 Å². The molecule has 0 aliphatic rings. The number of nitrogens with zero attached hydrogens (tertiary/aromatic N) is 2. The first-order valence-corrected chi connectivity index (χ1v) is 9.40. The Kier molecular flexibility index (Phi) is 5.40. The first-order valence-electron chi connectivity index (χ1n) is 9.40. The van der Waals surface area contributed by atoms with Crippen molar-refractivity contribution in [2.45, 2.75) is 12.5 Å². The average Bonchev–Trinajstić information content (AvgIpc) is 3.18. The molecule has 2 aromatic carbocycles. The van der Waals surface area contributed by atoms with E-state index < -0.39 is 6.04 Å². The lowest BCUT2D eigenvalue weighted by atomic mass is 10.0. The van der Waals surface area contributed by atoms with Crippen LogP contribution in [0.3, 0.4) is 0 Å². The van der Waals surface area contributed by atoms with Crippen LogP contribution in [0.15, 0.2) is 71.8 Å². The Hall–Kier alpha value is -3.78. The largest absolute Gasteiger partial charge is 0.396 e. The highest BCUT2D eigenvalue weighted by molar-refractivity contribution is 6.06. The molecule has 4 aromatic rings. The Balaban J connectivity index is 1.67. The Bertz CT molecular complexity index is 1250. The third kappa shape index (κ3) is 3.85. The van der Waals surface area contributed by atoms with Crippen LogP contribution in [-0.2, 0) is 0 Å². The number of rotatable bonds is 6. The zero-order valence-corrected chi connectivity index (χ0v) is 15.9. The van der Waals surface area contributed by atoms with Crippen LogP contribution in [0.2, 0.25) is 0 Å². The molecule has 2 heterocycles. The summed E-state index contributed by atoms with van der Waals surface area (Å²) in [5.41, 5.74) is 2.10. The van der Waals surface area contributed by atoms with E-state index in [9.17, 15) is 19.1 Å². The number of fused-ring (bicyclic) bond motifs is 1. The molecule has 8 heteroatoms. The SMILES string of the molecule is O=C(NC(CCO)c1cc[nH]c(=O)c1)c1cccc2c1cnn2-c1ccc(F)cc1. The molecule has 3 N–H and O–H groups in total. The lowest BCUT2D eigenvalue weighted by Crippen LogP contribution is -2.30. The first kappa shape index (κ1) is 19.5. The maximum atomic E-state index is 13.2. The lowest BCUT2D eigenvalue weighted by molar-refractivity contribution is 0.0931. The van der Waals surface area contributed by atoms with E-state index in [-0.39, 0.29) is 30.3 Å². The Morgan fingerprint density at radius 3 is 2.73 bits per heavy atom. The predicted octanol–water partition coefficient (Wildman–Crippen LogP) is 2.71. The van der Waals surface area contributed by atoms with E-state index in [1.54, 1.807) is 41.2 Å². The summed E-state index contributed by atoms with van der Waals surface area (Å²) in [6.07, 6.45) is 3.35. The fourth-order valence-electron chi connectivity index (χ4n) is 3.40. The van der Waals surface area contributed by atoms with Crippen LogP contribution in [0.1, 0.15) is 28.4 Å². The molecule has 1 atom stereocenters. The van der Waals surface area contributed by atoms with Gasteiger partial charge in [-0.2, -0.15) is 5.10 Å². The van der Waals surface area contributed by atoms with Gasteiger partial charge in [0.05, 0.1) is 29.0 Å². The molecule has 152 valence electrons. The molecule has 1 amide bonds. The normalized spacial score (nSPS) is 12.1. The summed E-state index contributed by atoms with van der Waals surface area (Å²) in [5, 5.41) is 17.3. The number of aliphatic hydroxyl groups is 1. The molecule has 0 radical (unpaired) electrons. The molecule has 0 aliphatic heterocycles. The van der Waals surface area contributed by atoms with Crippen LogP contribution in [-0.4, -0.2) is 32.4 Å². The van der Waals surface area contributed by atoms with Gasteiger partial charge in [-0.25, -0.2) is 9.07 Å². The monoisotopic (exact) mass is 406 g/mol. The van der Waals surface area contributed by atoms with Crippen molar-refractivity contribution in [3.05, 3.63) is 94.3 Å². The molecule has 0 fully saturated rings. The number of nitrogens with one attached hydrogen (secondary N) is 2. The maximum Gasteiger partial charge on any atom is 0.252 e. The highest BCUT2D eigenvalue weighted by atomic mass is 19.1. The summed E-state index contributed by atoms with van der Waals surface area (Å²) < 4.78 is 14.9. The van der Waals surface area contributed by atoms with E-state index in [4.69, 9.17) is 0 Å². The number of benzene rings is 2. The molecule has 7 nitrogen and oxygen atoms in total. The molecule has 0 bridgehead atoms. The Morgan fingerprint density at radius 2 is 2.00 bits per heavy atom. The molecular weight excluding hydrogens is 387 g/mol. The lowest BCUT2D eigenvalue weighted by Gasteiger charge is -2.18. The van der Waals surface area contributed by atoms with Crippen molar-refractivity contribution in [3.63, 3.8) is 0 Å². The van der Waals surface area contributed by atoms with Gasteiger partial charge in [-0.05, 0) is 54.4 Å². The summed E-state index contributed by atoms with van der Waals surface area (Å²) in [7, 11) is 0. The standard InChI is InChI=1S/C22H19FN4O3/c23-15-4-6-16(7-5-15)27-20-3-1-2-17(18(20)13-25-27)22(30)26-19(9-11-28)14-8-10-24-21(29)12-14/h1-8,10,12-13,19,28H,9,11H2,(H,24,29)(H,26,30). The minimum atomic E-state index is -0.521. The van der Waals surface area contributed by atoms with Crippen LogP contribution in [0, 0.1) is 5.82 Å². The number of hydrogen-bond acceptors (Lipinski definition) is 4. The molecule has 0 aliphatic carbocycles. The zero-order valence-electron chi connectivity index (χ0n) is 15.9. The van der Waals surface area contributed by atoms with Crippen LogP contribution in [0.5, 0.6) is 0 Å². The average molecular weight is 406 g/mol. The molecule has 2 aromatic heterocycles. The number of carbonyl (C=O) groups excluding carboxylic acids is 1. The summed E-state index contributed by atoms with van der Waals surface area (Å²) in [4.78, 5) is 27.2. The highest BCUT2D eigenvalue weighted by Gasteiger charge is 2.19. The number of amides is 1. The van der Waals surface area contributed by atoms with E-state index in [1.807, 2.05) is 6.07 Å². The van der Waals surface area contributed by atoms with Gasteiger partial charge in [0.1, 0.15) is 5.82 Å². The van der Waals surface area contributed by atoms with Crippen molar-refractivity contribution in [1.29, 1.82) is 0 Å². The van der Waals surface area contributed by atoms with Crippen molar-refractivity contribution < 1.29 is 14.3 Å². The predicted molar refractivity (Wildman–Crippen MR) is 110 cm³/mol. The van der Waals surface area contributed by atoms with Gasteiger partial charge in [-0.3, -0.25) is 9.59 Å². The second-order valence-electron chi connectivity index (χ2n) is 6.80. The number of aromatic nitrogens is 3. The number of pyridine rings is 1. The third-order valence-corrected chi connectivity index (χ3v) is 4.85. The van der Waals surface area contributed by atoms with Crippen molar-refractivity contribution >= 4 is 16.8 Å². The van der Waals surface area contributed by atoms with Crippen LogP contribution in [0.25, 0.3) is 16.6 Å². The molecule has 30 heavy (non-hydrogen) atoms. The fraction of sp³-hybridized carbons (Fsp3) is 0.136. The number of H-pyrrole nitrogens is 1. The third-order valence-electron chi connectivity index (χ3n) is 4.85. The molecule has 0 saturated carbocycles. The van der Waals surface area contributed by atoms with Gasteiger partial charge in [0.15, 0.2) is 0 Å². The smallest absolute Gasteiger partial charge is 0.252 e. The van der Waals surface area contributed by atoms with Gasteiger partial charge < -0.3 is 15.4 Å². The van der Waals surface area contributed by atoms with E-state index >= 15 is 0 Å². The second-order valence-corrected chi connectivity index (χ2v) is 6.80. The maximum absolute atomic E-state index is 13.2. The molecule has 0 saturated heterocycles. The van der Waals surface area contributed by atoms with Gasteiger partial charge in [-0.1, -0.05) is 6.07 Å². The first-order chi connectivity index (χ1) is 14.6. The number of aromatic amines is 1. The molecule has 0 spiro atoms. The topological polar surface area (TPSA) is 100 Å². The highest BCUT2D eigenvalue weighted by Crippen LogP contribution is 2.23. The van der Waals surface area contributed by atoms with E-state index in [1.165, 1.54) is 24.4 Å².